The molecule has 1 aromatic carbocycles. The molecular weight excluding hydrogens is 328 g/mol. The maximum absolute atomic E-state index is 13.1. The minimum atomic E-state index is -2.73. The molecule has 0 N–H and O–H groups in total. The van der Waals surface area contributed by atoms with Crippen LogP contribution in [-0.4, -0.2) is 49.5 Å². The molecule has 0 amide bonds. The third kappa shape index (κ3) is 3.52. The molecule has 8 heteroatoms. The minimum absolute atomic E-state index is 0.132. The van der Waals surface area contributed by atoms with Crippen molar-refractivity contribution >= 4 is 28.3 Å². The number of anilines is 1. The van der Waals surface area contributed by atoms with E-state index in [1.54, 1.807) is 25.3 Å². The van der Waals surface area contributed by atoms with Crippen LogP contribution in [0.1, 0.15) is 12.2 Å². The highest BCUT2D eigenvalue weighted by molar-refractivity contribution is 6.31. The molecule has 1 saturated heterocycles. The van der Waals surface area contributed by atoms with Crippen molar-refractivity contribution < 1.29 is 18.3 Å². The summed E-state index contributed by atoms with van der Waals surface area (Å²) in [7, 11) is 1.59. The third-order valence-electron chi connectivity index (χ3n) is 3.64. The molecule has 0 aliphatic carbocycles. The van der Waals surface area contributed by atoms with Crippen LogP contribution in [0, 0.1) is 0 Å². The molecule has 0 saturated carbocycles. The smallest absolute Gasteiger partial charge is 0.297 e. The van der Waals surface area contributed by atoms with E-state index in [2.05, 4.69) is 9.97 Å². The standard InChI is InChI=1S/C15H16ClF2N3O2/c1-22-8-10-7-21(4-5-23-10)15-11-6-9(16)2-3-12(11)19-14(20-15)13(17)18/h2-3,6,10,13H,4-5,7-8H2,1H3/t10-/m1/s1. The summed E-state index contributed by atoms with van der Waals surface area (Å²) in [5.41, 5.74) is 0.449. The molecule has 0 bridgehead atoms. The molecule has 1 fully saturated rings. The summed E-state index contributed by atoms with van der Waals surface area (Å²) in [4.78, 5) is 9.91. The van der Waals surface area contributed by atoms with E-state index < -0.39 is 12.2 Å². The van der Waals surface area contributed by atoms with Gasteiger partial charge in [-0.05, 0) is 18.2 Å². The lowest BCUT2D eigenvalue weighted by molar-refractivity contribution is -0.0102. The summed E-state index contributed by atoms with van der Waals surface area (Å²) in [5.74, 6) is -0.0261. The number of rotatable bonds is 4. The molecule has 1 aliphatic heterocycles. The fourth-order valence-electron chi connectivity index (χ4n) is 2.64. The highest BCUT2D eigenvalue weighted by atomic mass is 35.5. The molecule has 0 radical (unpaired) electrons. The quantitative estimate of drug-likeness (QED) is 0.853. The second kappa shape index (κ2) is 6.90. The van der Waals surface area contributed by atoms with Crippen LogP contribution in [0.25, 0.3) is 10.9 Å². The average molecular weight is 344 g/mol. The van der Waals surface area contributed by atoms with Gasteiger partial charge in [0.2, 0.25) is 0 Å². The van der Waals surface area contributed by atoms with E-state index in [1.807, 2.05) is 4.90 Å². The third-order valence-corrected chi connectivity index (χ3v) is 3.88. The Hall–Kier alpha value is -1.57. The zero-order valence-electron chi connectivity index (χ0n) is 12.5. The molecule has 3 rings (SSSR count). The lowest BCUT2D eigenvalue weighted by Crippen LogP contribution is -2.45. The number of ether oxygens (including phenoxy) is 2. The highest BCUT2D eigenvalue weighted by Gasteiger charge is 2.25. The summed E-state index contributed by atoms with van der Waals surface area (Å²) >= 11 is 6.04. The fourth-order valence-corrected chi connectivity index (χ4v) is 2.81. The van der Waals surface area contributed by atoms with E-state index >= 15 is 0 Å². The second-order valence-corrected chi connectivity index (χ2v) is 5.70. The van der Waals surface area contributed by atoms with Gasteiger partial charge in [0.1, 0.15) is 5.82 Å². The first kappa shape index (κ1) is 16.3. The maximum Gasteiger partial charge on any atom is 0.297 e. The molecule has 5 nitrogen and oxygen atoms in total. The van der Waals surface area contributed by atoms with Crippen molar-refractivity contribution in [2.45, 2.75) is 12.5 Å². The molecule has 124 valence electrons. The zero-order chi connectivity index (χ0) is 16.4. The van der Waals surface area contributed by atoms with E-state index in [-0.39, 0.29) is 6.10 Å². The fraction of sp³-hybridized carbons (Fsp3) is 0.467. The van der Waals surface area contributed by atoms with Crippen LogP contribution in [0.4, 0.5) is 14.6 Å². The van der Waals surface area contributed by atoms with E-state index in [1.165, 1.54) is 0 Å². The number of nitrogens with zero attached hydrogens (tertiary/aromatic N) is 3. The normalized spacial score (nSPS) is 18.8. The Morgan fingerprint density at radius 1 is 1.43 bits per heavy atom. The minimum Gasteiger partial charge on any atom is -0.382 e. The number of aromatic nitrogens is 2. The Bertz CT molecular complexity index is 700. The van der Waals surface area contributed by atoms with Crippen molar-refractivity contribution in [3.8, 4) is 0 Å². The van der Waals surface area contributed by atoms with Gasteiger partial charge in [-0.25, -0.2) is 18.7 Å². The zero-order valence-corrected chi connectivity index (χ0v) is 13.3. The molecule has 0 unspecified atom stereocenters. The van der Waals surface area contributed by atoms with Crippen LogP contribution < -0.4 is 4.90 Å². The van der Waals surface area contributed by atoms with Gasteiger partial charge < -0.3 is 14.4 Å². The van der Waals surface area contributed by atoms with E-state index in [0.29, 0.717) is 48.0 Å². The monoisotopic (exact) mass is 343 g/mol. The Morgan fingerprint density at radius 2 is 2.26 bits per heavy atom. The predicted octanol–water partition coefficient (Wildman–Crippen LogP) is 3.07. The first-order valence-electron chi connectivity index (χ1n) is 7.19. The van der Waals surface area contributed by atoms with Crippen molar-refractivity contribution in [2.24, 2.45) is 0 Å². The van der Waals surface area contributed by atoms with Gasteiger partial charge in [0.15, 0.2) is 5.82 Å². The Kier molecular flexibility index (Phi) is 4.89. The summed E-state index contributed by atoms with van der Waals surface area (Å²) in [5, 5.41) is 1.16. The van der Waals surface area contributed by atoms with Crippen LogP contribution in [0.5, 0.6) is 0 Å². The van der Waals surface area contributed by atoms with E-state index in [0.717, 1.165) is 0 Å². The first-order valence-corrected chi connectivity index (χ1v) is 7.57. The molecular formula is C15H16ClF2N3O2. The van der Waals surface area contributed by atoms with Gasteiger partial charge in [0, 0.05) is 30.6 Å². The van der Waals surface area contributed by atoms with Crippen molar-refractivity contribution in [2.75, 3.05) is 38.3 Å². The number of alkyl halides is 2. The second-order valence-electron chi connectivity index (χ2n) is 5.26. The van der Waals surface area contributed by atoms with Gasteiger partial charge >= 0.3 is 0 Å². The Balaban J connectivity index is 2.05. The van der Waals surface area contributed by atoms with Crippen LogP contribution in [0.2, 0.25) is 5.02 Å². The van der Waals surface area contributed by atoms with Crippen LogP contribution in [-0.2, 0) is 9.47 Å². The molecule has 0 spiro atoms. The van der Waals surface area contributed by atoms with Crippen molar-refractivity contribution in [1.82, 2.24) is 9.97 Å². The number of halogens is 3. The average Bonchev–Trinajstić information content (AvgIpc) is 2.54. The Labute approximate surface area is 137 Å². The van der Waals surface area contributed by atoms with E-state index in [9.17, 15) is 8.78 Å². The largest absolute Gasteiger partial charge is 0.382 e. The summed E-state index contributed by atoms with van der Waals surface area (Å²) < 4.78 is 36.9. The van der Waals surface area contributed by atoms with Gasteiger partial charge in [-0.2, -0.15) is 0 Å². The SMILES string of the molecule is COC[C@H]1CN(c2nc(C(F)F)nc3ccc(Cl)cc23)CCO1. The summed E-state index contributed by atoms with van der Waals surface area (Å²) in [6.07, 6.45) is -2.86. The molecule has 1 atom stereocenters. The number of hydrogen-bond acceptors (Lipinski definition) is 5. The van der Waals surface area contributed by atoms with Crippen molar-refractivity contribution in [3.63, 3.8) is 0 Å². The Morgan fingerprint density at radius 3 is 3.00 bits per heavy atom. The van der Waals surface area contributed by atoms with Crippen molar-refractivity contribution in [1.29, 1.82) is 0 Å². The predicted molar refractivity (Wildman–Crippen MR) is 83.3 cm³/mol. The van der Waals surface area contributed by atoms with Gasteiger partial charge in [0.25, 0.3) is 6.43 Å². The van der Waals surface area contributed by atoms with E-state index in [4.69, 9.17) is 21.1 Å². The number of fused-ring (bicyclic) bond motifs is 1. The van der Waals surface area contributed by atoms with Crippen LogP contribution in [0.3, 0.4) is 0 Å². The molecule has 2 aromatic rings. The highest BCUT2D eigenvalue weighted by Crippen LogP contribution is 2.30. The van der Waals surface area contributed by atoms with Gasteiger partial charge in [-0.15, -0.1) is 0 Å². The molecule has 2 heterocycles. The summed E-state index contributed by atoms with van der Waals surface area (Å²) in [6, 6.07) is 4.95. The van der Waals surface area contributed by atoms with Crippen molar-refractivity contribution in [3.05, 3.63) is 29.0 Å². The number of benzene rings is 1. The number of morpholine rings is 1. The first-order chi connectivity index (χ1) is 11.1. The lowest BCUT2D eigenvalue weighted by Gasteiger charge is -2.34. The summed E-state index contributed by atoms with van der Waals surface area (Å²) in [6.45, 7) is 1.97. The molecule has 23 heavy (non-hydrogen) atoms. The maximum atomic E-state index is 13.1. The number of methoxy groups -OCH3 is 1. The van der Waals surface area contributed by atoms with Gasteiger partial charge in [-0.3, -0.25) is 0 Å². The number of hydrogen-bond donors (Lipinski definition) is 0. The van der Waals surface area contributed by atoms with Crippen LogP contribution in [0.15, 0.2) is 18.2 Å². The van der Waals surface area contributed by atoms with Gasteiger partial charge in [0.05, 0.1) is 24.8 Å². The topological polar surface area (TPSA) is 47.5 Å². The van der Waals surface area contributed by atoms with Crippen LogP contribution >= 0.6 is 11.6 Å². The molecule has 1 aliphatic rings. The molecule has 1 aromatic heterocycles. The lowest BCUT2D eigenvalue weighted by atomic mass is 10.2. The van der Waals surface area contributed by atoms with Gasteiger partial charge in [-0.1, -0.05) is 11.6 Å².